The summed E-state index contributed by atoms with van der Waals surface area (Å²) in [7, 11) is 0. The van der Waals surface area contributed by atoms with E-state index in [-0.39, 0.29) is 12.0 Å². The van der Waals surface area contributed by atoms with E-state index in [4.69, 9.17) is 4.74 Å². The SMILES string of the molecule is CCOC(=O)C1CCCCN1c1ncccc1C. The van der Waals surface area contributed by atoms with Crippen LogP contribution in [0.5, 0.6) is 0 Å². The molecule has 98 valence electrons. The van der Waals surface area contributed by atoms with Crippen LogP contribution in [0.2, 0.25) is 0 Å². The van der Waals surface area contributed by atoms with E-state index < -0.39 is 0 Å². The van der Waals surface area contributed by atoms with Gasteiger partial charge < -0.3 is 9.64 Å². The fourth-order valence-corrected chi connectivity index (χ4v) is 2.45. The molecule has 0 aliphatic carbocycles. The second-order valence-electron chi connectivity index (χ2n) is 4.60. The van der Waals surface area contributed by atoms with Gasteiger partial charge in [-0.25, -0.2) is 9.78 Å². The minimum Gasteiger partial charge on any atom is -0.464 e. The summed E-state index contributed by atoms with van der Waals surface area (Å²) in [6, 6.07) is 3.77. The Hall–Kier alpha value is -1.58. The predicted octanol–water partition coefficient (Wildman–Crippen LogP) is 2.31. The zero-order valence-electron chi connectivity index (χ0n) is 11.1. The Morgan fingerprint density at radius 2 is 2.39 bits per heavy atom. The average Bonchev–Trinajstić information content (AvgIpc) is 2.40. The molecule has 1 aliphatic rings. The molecule has 2 rings (SSSR count). The Balaban J connectivity index is 2.23. The summed E-state index contributed by atoms with van der Waals surface area (Å²) in [5.41, 5.74) is 1.11. The maximum Gasteiger partial charge on any atom is 0.328 e. The van der Waals surface area contributed by atoms with Gasteiger partial charge in [0.05, 0.1) is 6.61 Å². The third-order valence-electron chi connectivity index (χ3n) is 3.32. The fourth-order valence-electron chi connectivity index (χ4n) is 2.45. The van der Waals surface area contributed by atoms with Crippen LogP contribution in [0.1, 0.15) is 31.7 Å². The number of carbonyl (C=O) groups is 1. The third kappa shape index (κ3) is 2.63. The normalized spacial score (nSPS) is 19.7. The number of ether oxygens (including phenoxy) is 1. The lowest BCUT2D eigenvalue weighted by Crippen LogP contribution is -2.46. The van der Waals surface area contributed by atoms with E-state index in [9.17, 15) is 4.79 Å². The highest BCUT2D eigenvalue weighted by atomic mass is 16.5. The molecular weight excluding hydrogens is 228 g/mol. The summed E-state index contributed by atoms with van der Waals surface area (Å²) in [4.78, 5) is 18.5. The Morgan fingerprint density at radius 3 is 3.11 bits per heavy atom. The van der Waals surface area contributed by atoms with Crippen molar-refractivity contribution in [3.63, 3.8) is 0 Å². The van der Waals surface area contributed by atoms with Crippen molar-refractivity contribution in [1.29, 1.82) is 0 Å². The molecular formula is C14H20N2O2. The van der Waals surface area contributed by atoms with Crippen LogP contribution in [-0.4, -0.2) is 30.1 Å². The molecule has 0 radical (unpaired) electrons. The number of rotatable bonds is 3. The molecule has 0 amide bonds. The quantitative estimate of drug-likeness (QED) is 0.770. The molecule has 0 bridgehead atoms. The number of pyridine rings is 1. The summed E-state index contributed by atoms with van der Waals surface area (Å²) < 4.78 is 5.16. The van der Waals surface area contributed by atoms with E-state index in [2.05, 4.69) is 9.88 Å². The number of piperidine rings is 1. The Kier molecular flexibility index (Phi) is 4.18. The second kappa shape index (κ2) is 5.85. The van der Waals surface area contributed by atoms with Crippen LogP contribution in [0.3, 0.4) is 0 Å². The highest BCUT2D eigenvalue weighted by molar-refractivity contribution is 5.80. The van der Waals surface area contributed by atoms with Gasteiger partial charge in [0, 0.05) is 12.7 Å². The molecule has 4 nitrogen and oxygen atoms in total. The van der Waals surface area contributed by atoms with Crippen LogP contribution in [0.15, 0.2) is 18.3 Å². The zero-order chi connectivity index (χ0) is 13.0. The lowest BCUT2D eigenvalue weighted by molar-refractivity contribution is -0.145. The first-order valence-electron chi connectivity index (χ1n) is 6.59. The number of anilines is 1. The van der Waals surface area contributed by atoms with Crippen LogP contribution in [-0.2, 0) is 9.53 Å². The highest BCUT2D eigenvalue weighted by Crippen LogP contribution is 2.26. The van der Waals surface area contributed by atoms with Crippen molar-refractivity contribution >= 4 is 11.8 Å². The van der Waals surface area contributed by atoms with Gasteiger partial charge in [-0.15, -0.1) is 0 Å². The summed E-state index contributed by atoms with van der Waals surface area (Å²) >= 11 is 0. The smallest absolute Gasteiger partial charge is 0.328 e. The van der Waals surface area contributed by atoms with Gasteiger partial charge in [-0.2, -0.15) is 0 Å². The van der Waals surface area contributed by atoms with Crippen LogP contribution in [0.25, 0.3) is 0 Å². The Bertz CT molecular complexity index is 420. The number of aromatic nitrogens is 1. The number of esters is 1. The van der Waals surface area contributed by atoms with Gasteiger partial charge in [0.1, 0.15) is 11.9 Å². The Morgan fingerprint density at radius 1 is 1.56 bits per heavy atom. The van der Waals surface area contributed by atoms with E-state index in [0.717, 1.165) is 37.2 Å². The highest BCUT2D eigenvalue weighted by Gasteiger charge is 2.31. The molecule has 1 aromatic heterocycles. The summed E-state index contributed by atoms with van der Waals surface area (Å²) in [5.74, 6) is 0.789. The fraction of sp³-hybridized carbons (Fsp3) is 0.571. The molecule has 4 heteroatoms. The van der Waals surface area contributed by atoms with Gasteiger partial charge >= 0.3 is 5.97 Å². The van der Waals surface area contributed by atoms with Crippen molar-refractivity contribution in [2.45, 2.75) is 39.2 Å². The van der Waals surface area contributed by atoms with Gasteiger partial charge in [-0.05, 0) is 44.7 Å². The van der Waals surface area contributed by atoms with E-state index in [1.165, 1.54) is 0 Å². The van der Waals surface area contributed by atoms with Gasteiger partial charge in [-0.3, -0.25) is 0 Å². The molecule has 1 fully saturated rings. The van der Waals surface area contributed by atoms with E-state index in [1.54, 1.807) is 6.20 Å². The van der Waals surface area contributed by atoms with E-state index in [1.807, 2.05) is 26.0 Å². The predicted molar refractivity (Wildman–Crippen MR) is 70.6 cm³/mol. The van der Waals surface area contributed by atoms with Crippen LogP contribution in [0, 0.1) is 6.92 Å². The van der Waals surface area contributed by atoms with Gasteiger partial charge in [-0.1, -0.05) is 6.07 Å². The minimum atomic E-state index is -0.174. The summed E-state index contributed by atoms with van der Waals surface area (Å²) in [6.45, 7) is 5.18. The monoisotopic (exact) mass is 248 g/mol. The van der Waals surface area contributed by atoms with E-state index in [0.29, 0.717) is 6.61 Å². The molecule has 1 atom stereocenters. The van der Waals surface area contributed by atoms with Gasteiger partial charge in [0.25, 0.3) is 0 Å². The molecule has 0 aromatic carbocycles. The van der Waals surface area contributed by atoms with Crippen LogP contribution >= 0.6 is 0 Å². The molecule has 0 N–H and O–H groups in total. The molecule has 0 saturated carbocycles. The van der Waals surface area contributed by atoms with Crippen molar-refractivity contribution in [3.05, 3.63) is 23.9 Å². The first-order valence-corrected chi connectivity index (χ1v) is 6.59. The number of hydrogen-bond donors (Lipinski definition) is 0. The first kappa shape index (κ1) is 12.9. The van der Waals surface area contributed by atoms with Crippen molar-refractivity contribution in [3.8, 4) is 0 Å². The lowest BCUT2D eigenvalue weighted by atomic mass is 10.0. The number of carbonyl (C=O) groups excluding carboxylic acids is 1. The number of aryl methyl sites for hydroxylation is 1. The number of hydrogen-bond acceptors (Lipinski definition) is 4. The third-order valence-corrected chi connectivity index (χ3v) is 3.32. The summed E-state index contributed by atoms with van der Waals surface area (Å²) in [6.07, 6.45) is 4.81. The van der Waals surface area contributed by atoms with Crippen molar-refractivity contribution in [1.82, 2.24) is 4.98 Å². The largest absolute Gasteiger partial charge is 0.464 e. The zero-order valence-corrected chi connectivity index (χ0v) is 11.1. The minimum absolute atomic E-state index is 0.123. The van der Waals surface area contributed by atoms with Gasteiger partial charge in [0.15, 0.2) is 0 Å². The Labute approximate surface area is 108 Å². The maximum atomic E-state index is 12.0. The van der Waals surface area contributed by atoms with Crippen LogP contribution < -0.4 is 4.90 Å². The maximum absolute atomic E-state index is 12.0. The van der Waals surface area contributed by atoms with Crippen molar-refractivity contribution in [2.24, 2.45) is 0 Å². The molecule has 0 spiro atoms. The van der Waals surface area contributed by atoms with Gasteiger partial charge in [0.2, 0.25) is 0 Å². The summed E-state index contributed by atoms with van der Waals surface area (Å²) in [5, 5.41) is 0. The molecule has 18 heavy (non-hydrogen) atoms. The molecule has 1 aromatic rings. The molecule has 1 saturated heterocycles. The number of nitrogens with zero attached hydrogens (tertiary/aromatic N) is 2. The van der Waals surface area contributed by atoms with Crippen LogP contribution in [0.4, 0.5) is 5.82 Å². The lowest BCUT2D eigenvalue weighted by Gasteiger charge is -2.35. The molecule has 1 aliphatic heterocycles. The first-order chi connectivity index (χ1) is 8.74. The molecule has 2 heterocycles. The standard InChI is InChI=1S/C14H20N2O2/c1-3-18-14(17)12-8-4-5-10-16(12)13-11(2)7-6-9-15-13/h6-7,9,12H,3-5,8,10H2,1-2H3. The van der Waals surface area contributed by atoms with Crippen molar-refractivity contribution < 1.29 is 9.53 Å². The van der Waals surface area contributed by atoms with Crippen molar-refractivity contribution in [2.75, 3.05) is 18.1 Å². The molecule has 1 unspecified atom stereocenters. The topological polar surface area (TPSA) is 42.4 Å². The van der Waals surface area contributed by atoms with E-state index >= 15 is 0 Å². The average molecular weight is 248 g/mol. The second-order valence-corrected chi connectivity index (χ2v) is 4.60.